The van der Waals surface area contributed by atoms with Gasteiger partial charge in [-0.3, -0.25) is 4.79 Å². The van der Waals surface area contributed by atoms with Crippen LogP contribution in [-0.4, -0.2) is 93.8 Å². The number of hydrogen-bond acceptors (Lipinski definition) is 6. The van der Waals surface area contributed by atoms with Crippen LogP contribution >= 0.6 is 0 Å². The SMILES string of the molecule is CC1CN(S(=O)(=O)N2CCN(C(=O)[C@H](C)NS(=O)(=O)c3ccccc3F)CC2)CC(C)O1. The van der Waals surface area contributed by atoms with Crippen molar-refractivity contribution in [3.05, 3.63) is 30.1 Å². The molecule has 0 radical (unpaired) electrons. The van der Waals surface area contributed by atoms with E-state index in [2.05, 4.69) is 4.72 Å². The molecular formula is C19H29FN4O6S2. The number of hydrogen-bond donors (Lipinski definition) is 1. The van der Waals surface area contributed by atoms with Crippen LogP contribution in [0.25, 0.3) is 0 Å². The third-order valence-electron chi connectivity index (χ3n) is 5.42. The van der Waals surface area contributed by atoms with E-state index >= 15 is 0 Å². The Kier molecular flexibility index (Phi) is 7.57. The van der Waals surface area contributed by atoms with Gasteiger partial charge in [-0.25, -0.2) is 12.8 Å². The second kappa shape index (κ2) is 9.69. The number of nitrogens with zero attached hydrogens (tertiary/aromatic N) is 3. The molecule has 32 heavy (non-hydrogen) atoms. The minimum Gasteiger partial charge on any atom is -0.373 e. The van der Waals surface area contributed by atoms with Crippen LogP contribution in [0.2, 0.25) is 0 Å². The Balaban J connectivity index is 1.60. The van der Waals surface area contributed by atoms with Gasteiger partial charge in [0.1, 0.15) is 10.7 Å². The quantitative estimate of drug-likeness (QED) is 0.597. The van der Waals surface area contributed by atoms with E-state index in [1.807, 2.05) is 13.8 Å². The first kappa shape index (κ1) is 25.0. The summed E-state index contributed by atoms with van der Waals surface area (Å²) < 4.78 is 75.2. The molecule has 1 aromatic carbocycles. The van der Waals surface area contributed by atoms with Gasteiger partial charge < -0.3 is 9.64 Å². The van der Waals surface area contributed by atoms with E-state index in [-0.39, 0.29) is 51.5 Å². The van der Waals surface area contributed by atoms with E-state index in [0.717, 1.165) is 12.1 Å². The summed E-state index contributed by atoms with van der Waals surface area (Å²) in [4.78, 5) is 13.6. The van der Waals surface area contributed by atoms with E-state index in [9.17, 15) is 26.0 Å². The van der Waals surface area contributed by atoms with E-state index in [1.165, 1.54) is 32.6 Å². The summed E-state index contributed by atoms with van der Waals surface area (Å²) in [7, 11) is -7.92. The van der Waals surface area contributed by atoms with Crippen LogP contribution in [-0.2, 0) is 29.8 Å². The van der Waals surface area contributed by atoms with Gasteiger partial charge >= 0.3 is 0 Å². The Morgan fingerprint density at radius 3 is 2.16 bits per heavy atom. The molecule has 0 aromatic heterocycles. The van der Waals surface area contributed by atoms with Crippen LogP contribution in [0.15, 0.2) is 29.2 Å². The van der Waals surface area contributed by atoms with Gasteiger partial charge in [-0.1, -0.05) is 12.1 Å². The number of carbonyl (C=O) groups is 1. The summed E-state index contributed by atoms with van der Waals surface area (Å²) in [6.07, 6.45) is -0.417. The number of rotatable bonds is 6. The van der Waals surface area contributed by atoms with Gasteiger partial charge in [-0.05, 0) is 32.9 Å². The van der Waals surface area contributed by atoms with Crippen LogP contribution < -0.4 is 4.72 Å². The van der Waals surface area contributed by atoms with Crippen LogP contribution in [0.3, 0.4) is 0 Å². The highest BCUT2D eigenvalue weighted by atomic mass is 32.2. The standard InChI is InChI=1S/C19H29FN4O6S2/c1-14-12-24(13-15(2)30-14)32(28,29)23-10-8-22(9-11-23)19(25)16(3)21-31(26,27)18-7-5-4-6-17(18)20/h4-7,14-16,21H,8-13H2,1-3H3/t14?,15?,16-/m0/s1. The van der Waals surface area contributed by atoms with Gasteiger partial charge in [0.2, 0.25) is 15.9 Å². The molecule has 1 N–H and O–H groups in total. The monoisotopic (exact) mass is 492 g/mol. The van der Waals surface area contributed by atoms with Gasteiger partial charge in [0.05, 0.1) is 18.2 Å². The lowest BCUT2D eigenvalue weighted by molar-refractivity contribution is -0.133. The molecule has 3 rings (SSSR count). The van der Waals surface area contributed by atoms with Gasteiger partial charge in [-0.15, -0.1) is 0 Å². The van der Waals surface area contributed by atoms with Crippen LogP contribution in [0, 0.1) is 5.82 Å². The molecule has 2 aliphatic rings. The number of amides is 1. The lowest BCUT2D eigenvalue weighted by Crippen LogP contribution is -2.59. The molecule has 13 heteroatoms. The first-order valence-corrected chi connectivity index (χ1v) is 13.3. The molecule has 2 saturated heterocycles. The number of carbonyl (C=O) groups excluding carboxylic acids is 1. The number of morpholine rings is 1. The summed E-state index contributed by atoms with van der Waals surface area (Å²) in [6.45, 7) is 5.99. The zero-order valence-electron chi connectivity index (χ0n) is 18.3. The van der Waals surface area contributed by atoms with Crippen molar-refractivity contribution in [2.75, 3.05) is 39.3 Å². The van der Waals surface area contributed by atoms with E-state index in [4.69, 9.17) is 4.74 Å². The van der Waals surface area contributed by atoms with Crippen molar-refractivity contribution in [2.24, 2.45) is 0 Å². The molecule has 2 heterocycles. The van der Waals surface area contributed by atoms with E-state index in [0.29, 0.717) is 0 Å². The zero-order valence-corrected chi connectivity index (χ0v) is 19.9. The first-order chi connectivity index (χ1) is 14.9. The normalized spacial score (nSPS) is 24.9. The van der Waals surface area contributed by atoms with Crippen molar-refractivity contribution >= 4 is 26.1 Å². The van der Waals surface area contributed by atoms with Crippen LogP contribution in [0.1, 0.15) is 20.8 Å². The van der Waals surface area contributed by atoms with E-state index in [1.54, 1.807) is 0 Å². The highest BCUT2D eigenvalue weighted by Crippen LogP contribution is 2.19. The summed E-state index contributed by atoms with van der Waals surface area (Å²) in [6, 6.07) is 3.76. The number of piperazine rings is 1. The second-order valence-corrected chi connectivity index (χ2v) is 11.7. The number of nitrogens with one attached hydrogen (secondary N) is 1. The Labute approximate surface area is 188 Å². The summed E-state index contributed by atoms with van der Waals surface area (Å²) in [5.41, 5.74) is 0. The molecule has 2 unspecified atom stereocenters. The fourth-order valence-corrected chi connectivity index (χ4v) is 6.93. The minimum absolute atomic E-state index is 0.0982. The van der Waals surface area contributed by atoms with Gasteiger partial charge in [0, 0.05) is 39.3 Å². The summed E-state index contributed by atoms with van der Waals surface area (Å²) in [5, 5.41) is 0. The maximum absolute atomic E-state index is 13.9. The number of ether oxygens (including phenoxy) is 1. The minimum atomic E-state index is -4.23. The van der Waals surface area contributed by atoms with Crippen LogP contribution in [0.5, 0.6) is 0 Å². The highest BCUT2D eigenvalue weighted by molar-refractivity contribution is 7.89. The average molecular weight is 493 g/mol. The average Bonchev–Trinajstić information content (AvgIpc) is 2.72. The smallest absolute Gasteiger partial charge is 0.282 e. The van der Waals surface area contributed by atoms with Gasteiger partial charge in [-0.2, -0.15) is 21.8 Å². The molecule has 10 nitrogen and oxygen atoms in total. The molecule has 180 valence electrons. The van der Waals surface area contributed by atoms with Gasteiger partial charge in [0.15, 0.2) is 0 Å². The number of benzene rings is 1. The predicted molar refractivity (Wildman–Crippen MR) is 115 cm³/mol. The topological polar surface area (TPSA) is 116 Å². The maximum Gasteiger partial charge on any atom is 0.282 e. The fraction of sp³-hybridized carbons (Fsp3) is 0.632. The number of sulfonamides is 1. The van der Waals surface area contributed by atoms with Crippen molar-refractivity contribution in [1.82, 2.24) is 18.2 Å². The van der Waals surface area contributed by atoms with E-state index < -0.39 is 42.9 Å². The highest BCUT2D eigenvalue weighted by Gasteiger charge is 2.38. The molecule has 1 aromatic rings. The lowest BCUT2D eigenvalue weighted by atomic mass is 10.2. The Morgan fingerprint density at radius 1 is 1.03 bits per heavy atom. The first-order valence-electron chi connectivity index (χ1n) is 10.4. The zero-order chi connectivity index (χ0) is 23.7. The Hall–Kier alpha value is -1.64. The van der Waals surface area contributed by atoms with Crippen molar-refractivity contribution in [3.8, 4) is 0 Å². The third kappa shape index (κ3) is 5.46. The molecule has 2 aliphatic heterocycles. The van der Waals surface area contributed by atoms with Crippen molar-refractivity contribution in [1.29, 1.82) is 0 Å². The van der Waals surface area contributed by atoms with Crippen molar-refractivity contribution < 1.29 is 30.8 Å². The Morgan fingerprint density at radius 2 is 1.59 bits per heavy atom. The molecule has 1 amide bonds. The molecule has 3 atom stereocenters. The van der Waals surface area contributed by atoms with Crippen molar-refractivity contribution in [2.45, 2.75) is 43.9 Å². The van der Waals surface area contributed by atoms with Crippen LogP contribution in [0.4, 0.5) is 4.39 Å². The second-order valence-electron chi connectivity index (χ2n) is 8.08. The Bertz CT molecular complexity index is 1030. The molecule has 2 fully saturated rings. The third-order valence-corrected chi connectivity index (χ3v) is 8.96. The lowest BCUT2D eigenvalue weighted by Gasteiger charge is -2.40. The molecule has 0 aliphatic carbocycles. The largest absolute Gasteiger partial charge is 0.373 e. The summed E-state index contributed by atoms with van der Waals surface area (Å²) >= 11 is 0. The molecular weight excluding hydrogens is 463 g/mol. The van der Waals surface area contributed by atoms with Crippen molar-refractivity contribution in [3.63, 3.8) is 0 Å². The maximum atomic E-state index is 13.9. The summed E-state index contributed by atoms with van der Waals surface area (Å²) in [5.74, 6) is -1.42. The fourth-order valence-electron chi connectivity index (χ4n) is 3.90. The molecule has 0 bridgehead atoms. The predicted octanol–water partition coefficient (Wildman–Crippen LogP) is -0.00930. The molecule has 0 spiro atoms. The molecule has 0 saturated carbocycles. The van der Waals surface area contributed by atoms with Gasteiger partial charge in [0.25, 0.3) is 10.2 Å². The number of halogens is 1.